The maximum atomic E-state index is 12.0. The molecule has 19 heavy (non-hydrogen) atoms. The van der Waals surface area contributed by atoms with E-state index in [1.165, 1.54) is 0 Å². The predicted molar refractivity (Wildman–Crippen MR) is 73.0 cm³/mol. The van der Waals surface area contributed by atoms with Gasteiger partial charge >= 0.3 is 12.0 Å². The molecule has 0 saturated carbocycles. The van der Waals surface area contributed by atoms with Crippen LogP contribution in [-0.2, 0) is 4.79 Å². The number of carboxylic acids is 1. The monoisotopic (exact) mass is 271 g/mol. The summed E-state index contributed by atoms with van der Waals surface area (Å²) in [6.07, 6.45) is 0.879. The van der Waals surface area contributed by atoms with Crippen molar-refractivity contribution in [1.82, 2.24) is 15.1 Å². The number of carbonyl (C=O) groups excluding carboxylic acids is 1. The number of urea groups is 1. The minimum Gasteiger partial charge on any atom is -0.481 e. The molecule has 1 unspecified atom stereocenters. The Hall–Kier alpha value is -1.30. The SMILES string of the molecule is CC(CCN(C)C)NC(=O)N1C[C@@H](C)[C@H](C(=O)O)C1. The fraction of sp³-hybridized carbons (Fsp3) is 0.846. The van der Waals surface area contributed by atoms with Crippen molar-refractivity contribution in [2.75, 3.05) is 33.7 Å². The van der Waals surface area contributed by atoms with Gasteiger partial charge < -0.3 is 20.2 Å². The second kappa shape index (κ2) is 6.75. The highest BCUT2D eigenvalue weighted by molar-refractivity contribution is 5.77. The Morgan fingerprint density at radius 1 is 1.42 bits per heavy atom. The second-order valence-corrected chi connectivity index (χ2v) is 5.77. The van der Waals surface area contributed by atoms with Crippen molar-refractivity contribution in [1.29, 1.82) is 0 Å². The molecule has 1 fully saturated rings. The van der Waals surface area contributed by atoms with Crippen LogP contribution in [0.5, 0.6) is 0 Å². The quantitative estimate of drug-likeness (QED) is 0.771. The summed E-state index contributed by atoms with van der Waals surface area (Å²) in [6, 6.07) is -0.0593. The Kier molecular flexibility index (Phi) is 5.60. The molecule has 6 nitrogen and oxygen atoms in total. The molecule has 2 amide bonds. The zero-order valence-corrected chi connectivity index (χ0v) is 12.2. The molecule has 1 rings (SSSR count). The van der Waals surface area contributed by atoms with Crippen molar-refractivity contribution < 1.29 is 14.7 Å². The molecule has 0 spiro atoms. The molecule has 1 aliphatic heterocycles. The fourth-order valence-electron chi connectivity index (χ4n) is 2.28. The number of likely N-dealkylation sites (tertiary alicyclic amines) is 1. The Morgan fingerprint density at radius 2 is 2.05 bits per heavy atom. The third-order valence-corrected chi connectivity index (χ3v) is 3.60. The number of hydrogen-bond acceptors (Lipinski definition) is 3. The molecule has 0 bridgehead atoms. The van der Waals surface area contributed by atoms with Gasteiger partial charge in [0.05, 0.1) is 5.92 Å². The number of amides is 2. The fourth-order valence-corrected chi connectivity index (χ4v) is 2.28. The molecule has 1 heterocycles. The lowest BCUT2D eigenvalue weighted by Crippen LogP contribution is -2.43. The molecule has 2 N–H and O–H groups in total. The van der Waals surface area contributed by atoms with Crippen molar-refractivity contribution >= 4 is 12.0 Å². The molecule has 0 aromatic heterocycles. The average Bonchev–Trinajstić information content (AvgIpc) is 2.69. The Bertz CT molecular complexity index is 333. The molecule has 1 aliphatic rings. The van der Waals surface area contributed by atoms with Gasteiger partial charge in [-0.25, -0.2) is 4.79 Å². The first-order valence-corrected chi connectivity index (χ1v) is 6.74. The van der Waals surface area contributed by atoms with Gasteiger partial charge in [-0.15, -0.1) is 0 Å². The van der Waals surface area contributed by atoms with E-state index in [0.29, 0.717) is 13.1 Å². The lowest BCUT2D eigenvalue weighted by Gasteiger charge is -2.21. The van der Waals surface area contributed by atoms with Gasteiger partial charge in [-0.1, -0.05) is 6.92 Å². The minimum atomic E-state index is -0.816. The van der Waals surface area contributed by atoms with E-state index in [0.717, 1.165) is 13.0 Å². The van der Waals surface area contributed by atoms with E-state index in [4.69, 9.17) is 5.11 Å². The lowest BCUT2D eigenvalue weighted by molar-refractivity contribution is -0.142. The highest BCUT2D eigenvalue weighted by Crippen LogP contribution is 2.23. The number of carboxylic acid groups (broad SMARTS) is 1. The van der Waals surface area contributed by atoms with Crippen molar-refractivity contribution in [2.45, 2.75) is 26.3 Å². The zero-order chi connectivity index (χ0) is 14.6. The van der Waals surface area contributed by atoms with Crippen LogP contribution < -0.4 is 5.32 Å². The van der Waals surface area contributed by atoms with Crippen LogP contribution in [0.4, 0.5) is 4.79 Å². The Balaban J connectivity index is 2.40. The molecular formula is C13H25N3O3. The number of rotatable bonds is 5. The third kappa shape index (κ3) is 4.70. The molecule has 3 atom stereocenters. The van der Waals surface area contributed by atoms with Crippen LogP contribution in [0.15, 0.2) is 0 Å². The molecule has 110 valence electrons. The first kappa shape index (κ1) is 15.8. The molecule has 0 aromatic carbocycles. The standard InChI is InChI=1S/C13H25N3O3/c1-9-7-16(8-11(9)12(17)18)13(19)14-10(2)5-6-15(3)4/h9-11H,5-8H2,1-4H3,(H,14,19)(H,17,18)/t9-,10?,11-/m1/s1. The maximum absolute atomic E-state index is 12.0. The summed E-state index contributed by atoms with van der Waals surface area (Å²) < 4.78 is 0. The summed E-state index contributed by atoms with van der Waals surface area (Å²) in [7, 11) is 3.99. The maximum Gasteiger partial charge on any atom is 0.317 e. The van der Waals surface area contributed by atoms with Crippen LogP contribution in [0, 0.1) is 11.8 Å². The highest BCUT2D eigenvalue weighted by atomic mass is 16.4. The molecule has 1 saturated heterocycles. The third-order valence-electron chi connectivity index (χ3n) is 3.60. The topological polar surface area (TPSA) is 72.9 Å². The van der Waals surface area contributed by atoms with Gasteiger partial charge in [0.25, 0.3) is 0 Å². The van der Waals surface area contributed by atoms with Crippen molar-refractivity contribution in [3.63, 3.8) is 0 Å². The van der Waals surface area contributed by atoms with Gasteiger partial charge in [0, 0.05) is 19.1 Å². The number of nitrogens with zero attached hydrogens (tertiary/aromatic N) is 2. The summed E-state index contributed by atoms with van der Waals surface area (Å²) in [5, 5.41) is 12.0. The van der Waals surface area contributed by atoms with E-state index in [1.54, 1.807) is 4.90 Å². The number of aliphatic carboxylic acids is 1. The smallest absolute Gasteiger partial charge is 0.317 e. The minimum absolute atomic E-state index is 0.0142. The summed E-state index contributed by atoms with van der Waals surface area (Å²) >= 11 is 0. The Morgan fingerprint density at radius 3 is 2.53 bits per heavy atom. The van der Waals surface area contributed by atoms with Crippen LogP contribution in [0.25, 0.3) is 0 Å². The van der Waals surface area contributed by atoms with Crippen molar-refractivity contribution in [3.05, 3.63) is 0 Å². The molecule has 0 aromatic rings. The summed E-state index contributed by atoms with van der Waals surface area (Å²) in [5.74, 6) is -1.24. The van der Waals surface area contributed by atoms with Crippen molar-refractivity contribution in [3.8, 4) is 0 Å². The largest absolute Gasteiger partial charge is 0.481 e. The molecular weight excluding hydrogens is 246 g/mol. The molecule has 0 aliphatic carbocycles. The first-order chi connectivity index (χ1) is 8.81. The van der Waals surface area contributed by atoms with Gasteiger partial charge in [0.2, 0.25) is 0 Å². The number of nitrogens with one attached hydrogen (secondary N) is 1. The van der Waals surface area contributed by atoms with Gasteiger partial charge in [-0.05, 0) is 39.9 Å². The predicted octanol–water partition coefficient (Wildman–Crippen LogP) is 0.689. The highest BCUT2D eigenvalue weighted by Gasteiger charge is 2.37. The molecule has 0 radical (unpaired) electrons. The van der Waals surface area contributed by atoms with E-state index in [2.05, 4.69) is 10.2 Å². The summed E-state index contributed by atoms with van der Waals surface area (Å²) in [4.78, 5) is 26.7. The van der Waals surface area contributed by atoms with E-state index in [-0.39, 0.29) is 18.0 Å². The van der Waals surface area contributed by atoms with E-state index >= 15 is 0 Å². The van der Waals surface area contributed by atoms with Crippen LogP contribution in [0.1, 0.15) is 20.3 Å². The normalized spacial score (nSPS) is 24.6. The number of carbonyl (C=O) groups is 2. The first-order valence-electron chi connectivity index (χ1n) is 6.74. The van der Waals surface area contributed by atoms with Gasteiger partial charge in [0.15, 0.2) is 0 Å². The Labute approximate surface area is 114 Å². The van der Waals surface area contributed by atoms with Gasteiger partial charge in [-0.3, -0.25) is 4.79 Å². The van der Waals surface area contributed by atoms with Gasteiger partial charge in [-0.2, -0.15) is 0 Å². The summed E-state index contributed by atoms with van der Waals surface area (Å²) in [6.45, 7) is 5.58. The van der Waals surface area contributed by atoms with Crippen LogP contribution in [0.2, 0.25) is 0 Å². The summed E-state index contributed by atoms with van der Waals surface area (Å²) in [5.41, 5.74) is 0. The van der Waals surface area contributed by atoms with Crippen molar-refractivity contribution in [2.24, 2.45) is 11.8 Å². The van der Waals surface area contributed by atoms with E-state index < -0.39 is 11.9 Å². The van der Waals surface area contributed by atoms with Crippen LogP contribution >= 0.6 is 0 Å². The zero-order valence-electron chi connectivity index (χ0n) is 12.2. The van der Waals surface area contributed by atoms with Crippen LogP contribution in [-0.4, -0.2) is 66.7 Å². The average molecular weight is 271 g/mol. The van der Waals surface area contributed by atoms with Crippen LogP contribution in [0.3, 0.4) is 0 Å². The molecule has 6 heteroatoms. The van der Waals surface area contributed by atoms with E-state index in [1.807, 2.05) is 27.9 Å². The second-order valence-electron chi connectivity index (χ2n) is 5.77. The lowest BCUT2D eigenvalue weighted by atomic mass is 9.99. The van der Waals surface area contributed by atoms with Gasteiger partial charge in [0.1, 0.15) is 0 Å². The number of hydrogen-bond donors (Lipinski definition) is 2. The van der Waals surface area contributed by atoms with E-state index in [9.17, 15) is 9.59 Å².